The van der Waals surface area contributed by atoms with Gasteiger partial charge in [-0.3, -0.25) is 19.2 Å². The third-order valence-corrected chi connectivity index (χ3v) is 11.1. The molecule has 0 saturated carbocycles. The molecule has 320 valence electrons. The van der Waals surface area contributed by atoms with Crippen molar-refractivity contribution >= 4 is 23.3 Å². The number of ether oxygens (including phenoxy) is 2. The van der Waals surface area contributed by atoms with E-state index in [0.717, 1.165) is 135 Å². The molecule has 0 aliphatic heterocycles. The number of nitrogens with zero attached hydrogens (tertiary/aromatic N) is 1. The largest absolute Gasteiger partial charge is 0.466 e. The number of nitrogens with one attached hydrogen (secondary N) is 2. The van der Waals surface area contributed by atoms with Crippen molar-refractivity contribution in [1.82, 2.24) is 4.90 Å². The molecule has 1 aromatic rings. The zero-order chi connectivity index (χ0) is 40.4. The summed E-state index contributed by atoms with van der Waals surface area (Å²) in [6.45, 7) is 13.1. The maximum Gasteiger partial charge on any atom is 0.306 e. The standard InChI is InChI=1S/C46H85N3O6/c1-6-10-14-21-28-39(27-11-7-2)33-38-54-41(50)31-22-17-15-19-24-35-49(37-26-34-48-44-43(47-5)45(52)46(44)53)36-25-20-16-18-23-32-42(51)55-40(29-12-8-3)30-13-9-4/h39-40,47-48H,6-38H2,1-5H3. The van der Waals surface area contributed by atoms with Gasteiger partial charge in [0.1, 0.15) is 17.5 Å². The third kappa shape index (κ3) is 25.5. The lowest BCUT2D eigenvalue weighted by atomic mass is 9.92. The summed E-state index contributed by atoms with van der Waals surface area (Å²) in [4.78, 5) is 51.0. The SMILES string of the molecule is CCCCCCC(CCCC)CCOC(=O)CCCCCCCN(CCCCCCCC(=O)OC(CCCC)CCCC)CCCNc1c(NC)c(=O)c1=O. The Kier molecular flexibility index (Phi) is 32.0. The van der Waals surface area contributed by atoms with E-state index in [1.54, 1.807) is 7.05 Å². The van der Waals surface area contributed by atoms with Crippen LogP contribution in [-0.2, 0) is 19.1 Å². The predicted octanol–water partition coefficient (Wildman–Crippen LogP) is 11.1. The van der Waals surface area contributed by atoms with E-state index in [1.807, 2.05) is 0 Å². The minimum Gasteiger partial charge on any atom is -0.466 e. The number of carbonyl (C=O) groups is 2. The molecule has 1 unspecified atom stereocenters. The Morgan fingerprint density at radius 3 is 1.64 bits per heavy atom. The van der Waals surface area contributed by atoms with Crippen molar-refractivity contribution in [2.45, 2.75) is 214 Å². The fraction of sp³-hybridized carbons (Fsp3) is 0.870. The second-order valence-corrected chi connectivity index (χ2v) is 16.1. The predicted molar refractivity (Wildman–Crippen MR) is 232 cm³/mol. The normalized spacial score (nSPS) is 12.1. The quantitative estimate of drug-likeness (QED) is 0.0382. The summed E-state index contributed by atoms with van der Waals surface area (Å²) < 4.78 is 11.5. The molecule has 0 aliphatic carbocycles. The van der Waals surface area contributed by atoms with E-state index in [2.05, 4.69) is 43.2 Å². The molecular formula is C46H85N3O6. The minimum atomic E-state index is -0.442. The maximum atomic E-state index is 12.5. The van der Waals surface area contributed by atoms with Gasteiger partial charge in [0.05, 0.1) is 6.61 Å². The Bertz CT molecular complexity index is 1140. The first-order valence-corrected chi connectivity index (χ1v) is 23.1. The topological polar surface area (TPSA) is 114 Å². The van der Waals surface area contributed by atoms with Crippen LogP contribution in [0.5, 0.6) is 0 Å². The zero-order valence-corrected chi connectivity index (χ0v) is 36.4. The van der Waals surface area contributed by atoms with Crippen LogP contribution in [0.15, 0.2) is 9.59 Å². The summed E-state index contributed by atoms with van der Waals surface area (Å²) in [5.74, 6) is 0.619. The van der Waals surface area contributed by atoms with Crippen LogP contribution < -0.4 is 21.5 Å². The van der Waals surface area contributed by atoms with Crippen molar-refractivity contribution in [3.05, 3.63) is 20.4 Å². The van der Waals surface area contributed by atoms with Crippen LogP contribution in [0.25, 0.3) is 0 Å². The van der Waals surface area contributed by atoms with Crippen LogP contribution in [0.3, 0.4) is 0 Å². The number of rotatable bonds is 40. The van der Waals surface area contributed by atoms with Crippen molar-refractivity contribution in [3.8, 4) is 0 Å². The first-order valence-electron chi connectivity index (χ1n) is 23.1. The van der Waals surface area contributed by atoms with Crippen LogP contribution in [0.4, 0.5) is 11.4 Å². The second-order valence-electron chi connectivity index (χ2n) is 16.1. The number of anilines is 2. The van der Waals surface area contributed by atoms with Gasteiger partial charge in [0.25, 0.3) is 10.9 Å². The van der Waals surface area contributed by atoms with E-state index in [1.165, 1.54) is 51.4 Å². The number of unbranched alkanes of at least 4 members (excludes halogenated alkanes) is 14. The van der Waals surface area contributed by atoms with Gasteiger partial charge in [0.15, 0.2) is 0 Å². The van der Waals surface area contributed by atoms with Crippen molar-refractivity contribution in [1.29, 1.82) is 0 Å². The van der Waals surface area contributed by atoms with Gasteiger partial charge in [0.2, 0.25) is 0 Å². The zero-order valence-electron chi connectivity index (χ0n) is 36.4. The first-order chi connectivity index (χ1) is 26.8. The molecular weight excluding hydrogens is 691 g/mol. The fourth-order valence-electron chi connectivity index (χ4n) is 7.49. The summed E-state index contributed by atoms with van der Waals surface area (Å²) in [6, 6.07) is 0. The van der Waals surface area contributed by atoms with Crippen molar-refractivity contribution < 1.29 is 19.1 Å². The Morgan fingerprint density at radius 2 is 1.04 bits per heavy atom. The lowest BCUT2D eigenvalue weighted by Gasteiger charge is -2.23. The highest BCUT2D eigenvalue weighted by atomic mass is 16.5. The Balaban J connectivity index is 2.35. The summed E-state index contributed by atoms with van der Waals surface area (Å²) in [7, 11) is 1.67. The molecule has 0 fully saturated rings. The maximum absolute atomic E-state index is 12.5. The molecule has 0 bridgehead atoms. The van der Waals surface area contributed by atoms with Gasteiger partial charge in [-0.2, -0.15) is 0 Å². The van der Waals surface area contributed by atoms with Crippen LogP contribution in [0.2, 0.25) is 0 Å². The number of carbonyl (C=O) groups excluding carboxylic acids is 2. The minimum absolute atomic E-state index is 0.0304. The van der Waals surface area contributed by atoms with Crippen LogP contribution in [0.1, 0.15) is 207 Å². The van der Waals surface area contributed by atoms with E-state index in [0.29, 0.717) is 43.3 Å². The van der Waals surface area contributed by atoms with Crippen LogP contribution in [0, 0.1) is 5.92 Å². The smallest absolute Gasteiger partial charge is 0.306 e. The van der Waals surface area contributed by atoms with Gasteiger partial charge in [-0.25, -0.2) is 0 Å². The van der Waals surface area contributed by atoms with Gasteiger partial charge < -0.3 is 25.0 Å². The first kappa shape index (κ1) is 50.6. The lowest BCUT2D eigenvalue weighted by molar-refractivity contribution is -0.150. The molecule has 9 nitrogen and oxygen atoms in total. The molecule has 1 atom stereocenters. The molecule has 0 aliphatic rings. The monoisotopic (exact) mass is 776 g/mol. The highest BCUT2D eigenvalue weighted by molar-refractivity contribution is 5.73. The summed E-state index contributed by atoms with van der Waals surface area (Å²) in [5, 5.41) is 6.00. The second kappa shape index (κ2) is 34.8. The van der Waals surface area contributed by atoms with E-state index in [4.69, 9.17) is 9.47 Å². The molecule has 0 saturated heterocycles. The molecule has 0 radical (unpaired) electrons. The van der Waals surface area contributed by atoms with E-state index >= 15 is 0 Å². The number of esters is 2. The molecule has 1 rings (SSSR count). The van der Waals surface area contributed by atoms with E-state index in [9.17, 15) is 19.2 Å². The molecule has 0 spiro atoms. The van der Waals surface area contributed by atoms with Crippen molar-refractivity contribution in [3.63, 3.8) is 0 Å². The van der Waals surface area contributed by atoms with Gasteiger partial charge in [-0.15, -0.1) is 0 Å². The summed E-state index contributed by atoms with van der Waals surface area (Å²) >= 11 is 0. The van der Waals surface area contributed by atoms with Gasteiger partial charge in [-0.1, -0.05) is 143 Å². The molecule has 2 N–H and O–H groups in total. The third-order valence-electron chi connectivity index (χ3n) is 11.1. The lowest BCUT2D eigenvalue weighted by Crippen LogP contribution is -2.37. The van der Waals surface area contributed by atoms with E-state index < -0.39 is 10.9 Å². The highest BCUT2D eigenvalue weighted by Gasteiger charge is 2.19. The molecule has 9 heteroatoms. The number of hydrogen-bond donors (Lipinski definition) is 2. The van der Waals surface area contributed by atoms with Gasteiger partial charge in [0, 0.05) is 26.4 Å². The van der Waals surface area contributed by atoms with E-state index in [-0.39, 0.29) is 18.0 Å². The van der Waals surface area contributed by atoms with Crippen molar-refractivity contribution in [2.75, 3.05) is 50.5 Å². The van der Waals surface area contributed by atoms with Crippen LogP contribution >= 0.6 is 0 Å². The fourth-order valence-corrected chi connectivity index (χ4v) is 7.49. The average Bonchev–Trinajstić information content (AvgIpc) is 3.18. The van der Waals surface area contributed by atoms with Gasteiger partial charge >= 0.3 is 11.9 Å². The summed E-state index contributed by atoms with van der Waals surface area (Å²) in [6.07, 6.45) is 30.4. The number of hydrogen-bond acceptors (Lipinski definition) is 9. The molecule has 0 heterocycles. The highest BCUT2D eigenvalue weighted by Crippen LogP contribution is 2.21. The Hall–Kier alpha value is -2.42. The Morgan fingerprint density at radius 1 is 0.545 bits per heavy atom. The van der Waals surface area contributed by atoms with Crippen molar-refractivity contribution in [2.24, 2.45) is 5.92 Å². The molecule has 0 aromatic heterocycles. The van der Waals surface area contributed by atoms with Crippen LogP contribution in [-0.4, -0.2) is 62.8 Å². The molecule has 1 aromatic carbocycles. The molecule has 55 heavy (non-hydrogen) atoms. The van der Waals surface area contributed by atoms with Gasteiger partial charge in [-0.05, 0) is 76.9 Å². The average molecular weight is 776 g/mol. The molecule has 0 amide bonds. The Labute approximate surface area is 336 Å². The summed E-state index contributed by atoms with van der Waals surface area (Å²) in [5.41, 5.74) is -0.0682.